The first-order valence-corrected chi connectivity index (χ1v) is 11.5. The van der Waals surface area contributed by atoms with Crippen LogP contribution in [0.1, 0.15) is 44.9 Å². The van der Waals surface area contributed by atoms with E-state index in [9.17, 15) is 9.59 Å². The van der Waals surface area contributed by atoms with Gasteiger partial charge in [0.1, 0.15) is 12.6 Å². The topological polar surface area (TPSA) is 88.3 Å². The van der Waals surface area contributed by atoms with Gasteiger partial charge >= 0.3 is 0 Å². The molecule has 1 aliphatic rings. The molecule has 172 valence electrons. The van der Waals surface area contributed by atoms with Crippen LogP contribution in [0, 0.1) is 12.3 Å². The van der Waals surface area contributed by atoms with Crippen LogP contribution in [-0.2, 0) is 16.1 Å². The Balaban J connectivity index is 0.000000256. The fraction of sp³-hybridized carbons (Fsp3) is 0.542. The largest absolute Gasteiger partial charge is 0.321 e. The number of hydrogen-bond donors (Lipinski definition) is 2. The maximum absolute atomic E-state index is 10.2. The minimum Gasteiger partial charge on any atom is -0.321 e. The normalized spacial score (nSPS) is 17.1. The SMILES string of the molecule is CC(C)(C)C(N)C=O.CN1CCCC1C=O.CNCc1ccc(-c2scnc2C)cc1. The number of aromatic nitrogens is 1. The molecule has 1 aromatic heterocycles. The van der Waals surface area contributed by atoms with Crippen LogP contribution in [0.5, 0.6) is 0 Å². The van der Waals surface area contributed by atoms with Gasteiger partial charge in [0, 0.05) is 6.54 Å². The molecule has 1 fully saturated rings. The van der Waals surface area contributed by atoms with Crippen molar-refractivity contribution in [2.75, 3.05) is 20.6 Å². The summed E-state index contributed by atoms with van der Waals surface area (Å²) in [6.07, 6.45) is 4.05. The number of thiazole rings is 1. The summed E-state index contributed by atoms with van der Waals surface area (Å²) in [5.74, 6) is 0. The van der Waals surface area contributed by atoms with E-state index in [-0.39, 0.29) is 17.5 Å². The number of likely N-dealkylation sites (tertiary alicyclic amines) is 1. The summed E-state index contributed by atoms with van der Waals surface area (Å²) in [6, 6.07) is 8.52. The monoisotopic (exact) mass is 446 g/mol. The molecule has 0 radical (unpaired) electrons. The van der Waals surface area contributed by atoms with Crippen LogP contribution in [0.3, 0.4) is 0 Å². The van der Waals surface area contributed by atoms with E-state index < -0.39 is 0 Å². The van der Waals surface area contributed by atoms with Crippen LogP contribution in [-0.4, -0.2) is 55.2 Å². The van der Waals surface area contributed by atoms with Gasteiger partial charge in [-0.15, -0.1) is 11.3 Å². The van der Waals surface area contributed by atoms with E-state index in [0.717, 1.165) is 37.8 Å². The van der Waals surface area contributed by atoms with E-state index >= 15 is 0 Å². The highest BCUT2D eigenvalue weighted by atomic mass is 32.1. The quantitative estimate of drug-likeness (QED) is 0.681. The Morgan fingerprint density at radius 1 is 1.29 bits per heavy atom. The Labute approximate surface area is 191 Å². The van der Waals surface area contributed by atoms with Gasteiger partial charge in [0.05, 0.1) is 28.2 Å². The highest BCUT2D eigenvalue weighted by Gasteiger charge is 2.19. The third-order valence-electron chi connectivity index (χ3n) is 5.22. The van der Waals surface area contributed by atoms with Crippen molar-refractivity contribution in [1.82, 2.24) is 15.2 Å². The van der Waals surface area contributed by atoms with Crippen molar-refractivity contribution in [3.63, 3.8) is 0 Å². The Morgan fingerprint density at radius 2 is 1.94 bits per heavy atom. The molecule has 0 aliphatic carbocycles. The van der Waals surface area contributed by atoms with Crippen LogP contribution in [0.4, 0.5) is 0 Å². The first kappa shape index (κ1) is 27.1. The fourth-order valence-electron chi connectivity index (χ4n) is 2.87. The molecule has 0 spiro atoms. The van der Waals surface area contributed by atoms with Crippen LogP contribution in [0.15, 0.2) is 29.8 Å². The number of nitrogens with two attached hydrogens (primary N) is 1. The van der Waals surface area contributed by atoms with Crippen LogP contribution >= 0.6 is 11.3 Å². The average Bonchev–Trinajstić information content (AvgIpc) is 3.36. The van der Waals surface area contributed by atoms with Gasteiger partial charge in [-0.05, 0) is 56.9 Å². The number of likely N-dealkylation sites (N-methyl/N-ethyl adjacent to an activating group) is 1. The predicted octanol–water partition coefficient (Wildman–Crippen LogP) is 3.68. The molecule has 31 heavy (non-hydrogen) atoms. The Hall–Kier alpha value is -1.93. The molecule has 1 aromatic carbocycles. The maximum atomic E-state index is 10.2. The summed E-state index contributed by atoms with van der Waals surface area (Å²) < 4.78 is 0. The molecule has 1 aliphatic heterocycles. The van der Waals surface area contributed by atoms with Gasteiger partial charge in [-0.3, -0.25) is 4.90 Å². The van der Waals surface area contributed by atoms with Gasteiger partial charge in [-0.2, -0.15) is 0 Å². The van der Waals surface area contributed by atoms with E-state index in [1.807, 2.05) is 47.3 Å². The zero-order valence-corrected chi connectivity index (χ0v) is 20.5. The van der Waals surface area contributed by atoms with Crippen molar-refractivity contribution in [3.05, 3.63) is 41.0 Å². The highest BCUT2D eigenvalue weighted by Crippen LogP contribution is 2.27. The summed E-state index contributed by atoms with van der Waals surface area (Å²) >= 11 is 1.70. The van der Waals surface area contributed by atoms with Crippen molar-refractivity contribution in [1.29, 1.82) is 0 Å². The average molecular weight is 447 g/mol. The van der Waals surface area contributed by atoms with Crippen molar-refractivity contribution in [2.45, 2.75) is 59.2 Å². The summed E-state index contributed by atoms with van der Waals surface area (Å²) in [4.78, 5) is 27.8. The number of nitrogens with one attached hydrogen (secondary N) is 1. The van der Waals surface area contributed by atoms with E-state index in [2.05, 4.69) is 39.5 Å². The lowest BCUT2D eigenvalue weighted by molar-refractivity contribution is -0.111. The van der Waals surface area contributed by atoms with Crippen molar-refractivity contribution >= 4 is 23.9 Å². The number of aryl methyl sites for hydroxylation is 1. The minimum atomic E-state index is -0.331. The molecule has 2 unspecified atom stereocenters. The smallest absolute Gasteiger partial charge is 0.137 e. The van der Waals surface area contributed by atoms with Gasteiger partial charge in [0.15, 0.2) is 0 Å². The number of hydrogen-bond acceptors (Lipinski definition) is 7. The molecule has 0 amide bonds. The summed E-state index contributed by atoms with van der Waals surface area (Å²) in [5.41, 5.74) is 10.9. The lowest BCUT2D eigenvalue weighted by Gasteiger charge is -2.20. The molecule has 2 atom stereocenters. The fourth-order valence-corrected chi connectivity index (χ4v) is 3.68. The predicted molar refractivity (Wildman–Crippen MR) is 130 cm³/mol. The molecular weight excluding hydrogens is 408 g/mol. The second-order valence-corrected chi connectivity index (χ2v) is 9.70. The molecular formula is C24H38N4O2S. The number of aldehydes is 2. The number of benzene rings is 1. The van der Waals surface area contributed by atoms with Crippen LogP contribution in [0.2, 0.25) is 0 Å². The van der Waals surface area contributed by atoms with Gasteiger partial charge in [0.2, 0.25) is 0 Å². The molecule has 7 heteroatoms. The Bertz CT molecular complexity index is 778. The number of nitrogens with zero attached hydrogens (tertiary/aromatic N) is 2. The second kappa shape index (κ2) is 13.5. The lowest BCUT2D eigenvalue weighted by Crippen LogP contribution is -2.36. The highest BCUT2D eigenvalue weighted by molar-refractivity contribution is 7.13. The van der Waals surface area contributed by atoms with E-state index in [1.165, 1.54) is 22.4 Å². The van der Waals surface area contributed by atoms with E-state index in [0.29, 0.717) is 0 Å². The molecule has 2 heterocycles. The number of carbonyl (C=O) groups excluding carboxylic acids is 2. The van der Waals surface area contributed by atoms with Crippen LogP contribution < -0.4 is 11.1 Å². The maximum Gasteiger partial charge on any atom is 0.137 e. The molecule has 3 N–H and O–H groups in total. The molecule has 2 aromatic rings. The Morgan fingerprint density at radius 3 is 2.26 bits per heavy atom. The lowest BCUT2D eigenvalue weighted by atomic mass is 9.89. The molecule has 1 saturated heterocycles. The standard InChI is InChI=1S/C12H14N2S.C6H11NO.C6H13NO/c1-9-12(15-8-14-9)11-5-3-10(4-6-11)7-13-2;1-7-4-2-3-6(7)5-8;1-6(2,3)5(7)4-8/h3-6,8,13H,7H2,1-2H3;5-6H,2-4H2,1H3;4-5H,7H2,1-3H3. The third-order valence-corrected chi connectivity index (χ3v) is 6.20. The zero-order valence-electron chi connectivity index (χ0n) is 19.7. The second-order valence-electron chi connectivity index (χ2n) is 8.85. The summed E-state index contributed by atoms with van der Waals surface area (Å²) in [5, 5.41) is 3.14. The van der Waals surface area contributed by atoms with Gasteiger partial charge in [-0.25, -0.2) is 4.98 Å². The third kappa shape index (κ3) is 9.39. The Kier molecular flexibility index (Phi) is 11.8. The zero-order chi connectivity index (χ0) is 23.4. The molecule has 6 nitrogen and oxygen atoms in total. The van der Waals surface area contributed by atoms with Crippen molar-refractivity contribution in [2.24, 2.45) is 11.1 Å². The summed E-state index contributed by atoms with van der Waals surface area (Å²) in [6.45, 7) is 9.86. The molecule has 0 bridgehead atoms. The first-order valence-electron chi connectivity index (χ1n) is 10.6. The van der Waals surface area contributed by atoms with E-state index in [4.69, 9.17) is 5.73 Å². The number of carbonyl (C=O) groups is 2. The summed E-state index contributed by atoms with van der Waals surface area (Å²) in [7, 11) is 3.95. The van der Waals surface area contributed by atoms with Gasteiger partial charge in [-0.1, -0.05) is 45.0 Å². The molecule has 0 saturated carbocycles. The minimum absolute atomic E-state index is 0.0816. The van der Waals surface area contributed by atoms with Crippen LogP contribution in [0.25, 0.3) is 10.4 Å². The van der Waals surface area contributed by atoms with Gasteiger partial charge in [0.25, 0.3) is 0 Å². The van der Waals surface area contributed by atoms with Crippen molar-refractivity contribution in [3.8, 4) is 10.4 Å². The van der Waals surface area contributed by atoms with Gasteiger partial charge < -0.3 is 20.6 Å². The first-order chi connectivity index (χ1) is 14.6. The van der Waals surface area contributed by atoms with E-state index in [1.54, 1.807) is 11.3 Å². The van der Waals surface area contributed by atoms with Crippen molar-refractivity contribution < 1.29 is 9.59 Å². The number of rotatable bonds is 5. The molecule has 3 rings (SSSR count).